The smallest absolute Gasteiger partial charge is 0.137 e. The third-order valence-electron chi connectivity index (χ3n) is 2.11. The fourth-order valence-corrected chi connectivity index (χ4v) is 3.00. The highest BCUT2D eigenvalue weighted by atomic mass is 127. The molecular formula is C10H11FINS. The van der Waals surface area contributed by atoms with Gasteiger partial charge in [0.15, 0.2) is 0 Å². The number of benzene rings is 1. The minimum absolute atomic E-state index is 0.128. The normalized spacial score (nSPS) is 18.6. The maximum absolute atomic E-state index is 13.3. The van der Waals surface area contributed by atoms with Gasteiger partial charge >= 0.3 is 0 Å². The van der Waals surface area contributed by atoms with Gasteiger partial charge < -0.3 is 5.32 Å². The van der Waals surface area contributed by atoms with Crippen molar-refractivity contribution in [1.82, 2.24) is 0 Å². The maximum Gasteiger partial charge on any atom is 0.137 e. The molecule has 0 spiro atoms. The molecule has 1 N–H and O–H groups in total. The van der Waals surface area contributed by atoms with E-state index in [1.807, 2.05) is 28.7 Å². The molecule has 0 fully saturated rings. The number of hydrogen-bond acceptors (Lipinski definition) is 2. The molecule has 14 heavy (non-hydrogen) atoms. The first kappa shape index (κ1) is 10.5. The highest BCUT2D eigenvalue weighted by Gasteiger charge is 2.26. The van der Waals surface area contributed by atoms with Crippen molar-refractivity contribution in [3.8, 4) is 0 Å². The van der Waals surface area contributed by atoms with Crippen molar-refractivity contribution in [3.63, 3.8) is 0 Å². The first-order valence-corrected chi connectivity index (χ1v) is 6.29. The zero-order valence-corrected chi connectivity index (χ0v) is 11.0. The van der Waals surface area contributed by atoms with Gasteiger partial charge in [0, 0.05) is 21.9 Å². The van der Waals surface area contributed by atoms with Crippen molar-refractivity contribution in [2.24, 2.45) is 0 Å². The summed E-state index contributed by atoms with van der Waals surface area (Å²) in [5, 5.41) is 3.33. The molecule has 1 aliphatic rings. The van der Waals surface area contributed by atoms with E-state index in [4.69, 9.17) is 0 Å². The number of fused-ring (bicyclic) bond motifs is 1. The second kappa shape index (κ2) is 3.56. The lowest BCUT2D eigenvalue weighted by Gasteiger charge is -2.31. The lowest BCUT2D eigenvalue weighted by atomic mass is 10.2. The summed E-state index contributed by atoms with van der Waals surface area (Å²) in [4.78, 5) is 1.01. The second-order valence-corrected chi connectivity index (χ2v) is 6.89. The summed E-state index contributed by atoms with van der Waals surface area (Å²) in [6, 6.07) is 3.49. The number of thioether (sulfide) groups is 1. The Balaban J connectivity index is 2.43. The topological polar surface area (TPSA) is 12.0 Å². The average molecular weight is 323 g/mol. The van der Waals surface area contributed by atoms with Crippen LogP contribution >= 0.6 is 34.4 Å². The van der Waals surface area contributed by atoms with Crippen molar-refractivity contribution in [2.75, 3.05) is 11.9 Å². The molecular weight excluding hydrogens is 312 g/mol. The molecule has 1 aromatic carbocycles. The molecule has 76 valence electrons. The third-order valence-corrected chi connectivity index (χ3v) is 4.19. The molecule has 0 aliphatic carbocycles. The highest BCUT2D eigenvalue weighted by molar-refractivity contribution is 14.1. The predicted molar refractivity (Wildman–Crippen MR) is 67.5 cm³/mol. The van der Waals surface area contributed by atoms with E-state index in [9.17, 15) is 4.39 Å². The van der Waals surface area contributed by atoms with Crippen LogP contribution in [0.25, 0.3) is 0 Å². The first-order valence-electron chi connectivity index (χ1n) is 4.40. The van der Waals surface area contributed by atoms with Crippen LogP contribution < -0.4 is 5.32 Å². The van der Waals surface area contributed by atoms with Gasteiger partial charge in [-0.25, -0.2) is 4.39 Å². The van der Waals surface area contributed by atoms with Crippen LogP contribution in [0, 0.1) is 9.39 Å². The minimum Gasteiger partial charge on any atom is -0.383 e. The molecule has 2 rings (SSSR count). The quantitative estimate of drug-likeness (QED) is 0.730. The van der Waals surface area contributed by atoms with Crippen molar-refractivity contribution in [2.45, 2.75) is 23.5 Å². The Labute approximate surface area is 101 Å². The predicted octanol–water partition coefficient (Wildman–Crippen LogP) is 3.73. The summed E-state index contributed by atoms with van der Waals surface area (Å²) in [7, 11) is 0. The van der Waals surface area contributed by atoms with Gasteiger partial charge in [-0.2, -0.15) is 0 Å². The van der Waals surface area contributed by atoms with E-state index in [0.29, 0.717) is 3.57 Å². The maximum atomic E-state index is 13.3. The standard InChI is InChI=1S/C10H11FINS/c1-10(2)5-13-8-4-7(12)6(11)3-9(8)14-10/h3-4,13H,5H2,1-2H3. The van der Waals surface area contributed by atoms with Gasteiger partial charge in [0.2, 0.25) is 0 Å². The zero-order chi connectivity index (χ0) is 10.3. The van der Waals surface area contributed by atoms with Crippen LogP contribution in [0.4, 0.5) is 10.1 Å². The van der Waals surface area contributed by atoms with Gasteiger partial charge in [0.25, 0.3) is 0 Å². The summed E-state index contributed by atoms with van der Waals surface area (Å²) in [6.45, 7) is 5.24. The van der Waals surface area contributed by atoms with Gasteiger partial charge in [-0.15, -0.1) is 11.8 Å². The summed E-state index contributed by atoms with van der Waals surface area (Å²) in [5.41, 5.74) is 1.06. The van der Waals surface area contributed by atoms with Crippen LogP contribution in [0.1, 0.15) is 13.8 Å². The lowest BCUT2D eigenvalue weighted by Crippen LogP contribution is -2.30. The average Bonchev–Trinajstić information content (AvgIpc) is 2.07. The van der Waals surface area contributed by atoms with E-state index < -0.39 is 0 Å². The molecule has 0 atom stereocenters. The summed E-state index contributed by atoms with van der Waals surface area (Å²) >= 11 is 3.75. The lowest BCUT2D eigenvalue weighted by molar-refractivity contribution is 0.615. The molecule has 1 heterocycles. The monoisotopic (exact) mass is 323 g/mol. The SMILES string of the molecule is CC1(C)CNc2cc(I)c(F)cc2S1. The molecule has 0 aromatic heterocycles. The number of anilines is 1. The summed E-state index contributed by atoms with van der Waals surface area (Å²) in [5.74, 6) is -0.128. The molecule has 1 aromatic rings. The van der Waals surface area contributed by atoms with Crippen LogP contribution in [0.3, 0.4) is 0 Å². The van der Waals surface area contributed by atoms with Crippen molar-refractivity contribution in [3.05, 3.63) is 21.5 Å². The van der Waals surface area contributed by atoms with Crippen LogP contribution in [0.5, 0.6) is 0 Å². The highest BCUT2D eigenvalue weighted by Crippen LogP contribution is 2.42. The van der Waals surface area contributed by atoms with Crippen LogP contribution in [-0.2, 0) is 0 Å². The molecule has 0 unspecified atom stereocenters. The van der Waals surface area contributed by atoms with E-state index in [1.54, 1.807) is 17.8 Å². The third kappa shape index (κ3) is 2.00. The number of halogens is 2. The Morgan fingerprint density at radius 3 is 2.93 bits per heavy atom. The second-order valence-electron chi connectivity index (χ2n) is 3.98. The Morgan fingerprint density at radius 2 is 2.21 bits per heavy atom. The molecule has 1 aliphatic heterocycles. The molecule has 0 radical (unpaired) electrons. The Morgan fingerprint density at radius 1 is 1.50 bits per heavy atom. The number of hydrogen-bond donors (Lipinski definition) is 1. The molecule has 1 nitrogen and oxygen atoms in total. The van der Waals surface area contributed by atoms with Gasteiger partial charge in [-0.3, -0.25) is 0 Å². The van der Waals surface area contributed by atoms with Gasteiger partial charge in [0.1, 0.15) is 5.82 Å². The summed E-state index contributed by atoms with van der Waals surface area (Å²) in [6.07, 6.45) is 0. The van der Waals surface area contributed by atoms with Crippen molar-refractivity contribution >= 4 is 40.0 Å². The minimum atomic E-state index is -0.128. The number of rotatable bonds is 0. The van der Waals surface area contributed by atoms with Crippen molar-refractivity contribution in [1.29, 1.82) is 0 Å². The van der Waals surface area contributed by atoms with Gasteiger partial charge in [-0.1, -0.05) is 0 Å². The number of nitrogens with one attached hydrogen (secondary N) is 1. The van der Waals surface area contributed by atoms with Crippen molar-refractivity contribution < 1.29 is 4.39 Å². The van der Waals surface area contributed by atoms with Crippen LogP contribution in [0.15, 0.2) is 17.0 Å². The Bertz CT molecular complexity index is 379. The van der Waals surface area contributed by atoms with E-state index in [2.05, 4.69) is 19.2 Å². The zero-order valence-electron chi connectivity index (χ0n) is 8.03. The fraction of sp³-hybridized carbons (Fsp3) is 0.400. The molecule has 0 saturated heterocycles. The van der Waals surface area contributed by atoms with Crippen LogP contribution in [0.2, 0.25) is 0 Å². The molecule has 4 heteroatoms. The van der Waals surface area contributed by atoms with Crippen LogP contribution in [-0.4, -0.2) is 11.3 Å². The van der Waals surface area contributed by atoms with E-state index >= 15 is 0 Å². The van der Waals surface area contributed by atoms with Gasteiger partial charge in [-0.05, 0) is 48.6 Å². The van der Waals surface area contributed by atoms with Gasteiger partial charge in [0.05, 0.1) is 3.57 Å². The Hall–Kier alpha value is 0.0300. The van der Waals surface area contributed by atoms with E-state index in [-0.39, 0.29) is 10.6 Å². The van der Waals surface area contributed by atoms with E-state index in [1.165, 1.54) is 0 Å². The largest absolute Gasteiger partial charge is 0.383 e. The van der Waals surface area contributed by atoms with E-state index in [0.717, 1.165) is 17.1 Å². The first-order chi connectivity index (χ1) is 6.48. The molecule has 0 bridgehead atoms. The fourth-order valence-electron chi connectivity index (χ4n) is 1.39. The molecule has 0 saturated carbocycles. The Kier molecular flexibility index (Phi) is 2.68. The molecule has 0 amide bonds. The summed E-state index contributed by atoms with van der Waals surface area (Å²) < 4.78 is 14.1.